The van der Waals surface area contributed by atoms with Gasteiger partial charge in [-0.15, -0.1) is 0 Å². The van der Waals surface area contributed by atoms with Crippen LogP contribution in [0.5, 0.6) is 0 Å². The Kier molecular flexibility index (Phi) is 1.24. The molecule has 0 amide bonds. The predicted octanol–water partition coefficient (Wildman–Crippen LogP) is 1.03. The SMILES string of the molecule is C[C@@H]1ON2CCC[C@@H]1C2. The fraction of sp³-hybridized carbons (Fsp3) is 1.00. The first kappa shape index (κ1) is 5.69. The van der Waals surface area contributed by atoms with Gasteiger partial charge < -0.3 is 0 Å². The van der Waals surface area contributed by atoms with E-state index >= 15 is 0 Å². The van der Waals surface area contributed by atoms with Crippen LogP contribution >= 0.6 is 0 Å². The van der Waals surface area contributed by atoms with Gasteiger partial charge in [0.2, 0.25) is 0 Å². The molecule has 9 heavy (non-hydrogen) atoms. The molecule has 2 heteroatoms. The molecular weight excluding hydrogens is 114 g/mol. The van der Waals surface area contributed by atoms with Gasteiger partial charge in [-0.2, -0.15) is 5.06 Å². The molecule has 0 saturated carbocycles. The van der Waals surface area contributed by atoms with Crippen molar-refractivity contribution < 1.29 is 4.84 Å². The van der Waals surface area contributed by atoms with Crippen molar-refractivity contribution in [3.63, 3.8) is 0 Å². The average molecular weight is 127 g/mol. The Morgan fingerprint density at radius 3 is 3.11 bits per heavy atom. The topological polar surface area (TPSA) is 12.5 Å². The molecule has 0 aliphatic carbocycles. The minimum absolute atomic E-state index is 0.493. The second-order valence-corrected chi connectivity index (χ2v) is 3.10. The van der Waals surface area contributed by atoms with Crippen LogP contribution in [0.25, 0.3) is 0 Å². The summed E-state index contributed by atoms with van der Waals surface area (Å²) in [6, 6.07) is 0. The molecule has 2 fully saturated rings. The summed E-state index contributed by atoms with van der Waals surface area (Å²) in [6.07, 6.45) is 3.19. The molecule has 2 aliphatic rings. The summed E-state index contributed by atoms with van der Waals surface area (Å²) in [7, 11) is 0. The van der Waals surface area contributed by atoms with E-state index in [9.17, 15) is 0 Å². The third-order valence-electron chi connectivity index (χ3n) is 2.40. The lowest BCUT2D eigenvalue weighted by Gasteiger charge is -2.17. The lowest BCUT2D eigenvalue weighted by atomic mass is 9.96. The predicted molar refractivity (Wildman–Crippen MR) is 34.8 cm³/mol. The van der Waals surface area contributed by atoms with Gasteiger partial charge in [0.05, 0.1) is 6.10 Å². The Labute approximate surface area is 55.7 Å². The molecule has 52 valence electrons. The molecule has 2 saturated heterocycles. The van der Waals surface area contributed by atoms with Gasteiger partial charge in [-0.3, -0.25) is 4.84 Å². The van der Waals surface area contributed by atoms with Crippen LogP contribution in [0.4, 0.5) is 0 Å². The van der Waals surface area contributed by atoms with Gasteiger partial charge in [0, 0.05) is 19.0 Å². The molecule has 3 atom stereocenters. The van der Waals surface area contributed by atoms with Crippen LogP contribution in [0.3, 0.4) is 0 Å². The van der Waals surface area contributed by atoms with Crippen LogP contribution in [0.1, 0.15) is 19.8 Å². The summed E-state index contributed by atoms with van der Waals surface area (Å²) in [6.45, 7) is 4.51. The highest BCUT2D eigenvalue weighted by Gasteiger charge is 2.33. The number of hydrogen-bond acceptors (Lipinski definition) is 2. The van der Waals surface area contributed by atoms with Crippen LogP contribution in [0, 0.1) is 5.92 Å². The van der Waals surface area contributed by atoms with Gasteiger partial charge in [-0.25, -0.2) is 0 Å². The Bertz CT molecular complexity index is 113. The summed E-state index contributed by atoms with van der Waals surface area (Å²) < 4.78 is 0. The van der Waals surface area contributed by atoms with Gasteiger partial charge in [-0.05, 0) is 19.8 Å². The molecule has 2 bridgehead atoms. The molecule has 0 aromatic heterocycles. The Balaban J connectivity index is 2.07. The fourth-order valence-electron chi connectivity index (χ4n) is 1.77. The summed E-state index contributed by atoms with van der Waals surface area (Å²) in [4.78, 5) is 5.52. The maximum absolute atomic E-state index is 5.52. The summed E-state index contributed by atoms with van der Waals surface area (Å²) in [5.74, 6) is 0.832. The highest BCUT2D eigenvalue weighted by molar-refractivity contribution is 4.78. The lowest BCUT2D eigenvalue weighted by Crippen LogP contribution is -2.25. The molecule has 0 radical (unpaired) electrons. The van der Waals surface area contributed by atoms with E-state index < -0.39 is 0 Å². The van der Waals surface area contributed by atoms with E-state index in [2.05, 4.69) is 12.0 Å². The van der Waals surface area contributed by atoms with E-state index in [1.165, 1.54) is 19.4 Å². The Morgan fingerprint density at radius 1 is 1.56 bits per heavy atom. The van der Waals surface area contributed by atoms with E-state index in [1.54, 1.807) is 0 Å². The van der Waals surface area contributed by atoms with Crippen LogP contribution in [0.2, 0.25) is 0 Å². The zero-order valence-electron chi connectivity index (χ0n) is 5.84. The fourth-order valence-corrected chi connectivity index (χ4v) is 1.77. The standard InChI is InChI=1S/C7H13NO/c1-6-7-3-2-4-8(5-7)9-6/h6-7H,2-5H2,1H3/t6-,7+/m0/s1. The molecular formula is C7H13NO. The third-order valence-corrected chi connectivity index (χ3v) is 2.40. The first-order valence-corrected chi connectivity index (χ1v) is 3.78. The molecule has 0 spiro atoms. The van der Waals surface area contributed by atoms with E-state index in [-0.39, 0.29) is 0 Å². The maximum Gasteiger partial charge on any atom is 0.0806 e. The number of piperidine rings is 1. The van der Waals surface area contributed by atoms with Gasteiger partial charge in [-0.1, -0.05) is 0 Å². The zero-order valence-corrected chi connectivity index (χ0v) is 5.84. The average Bonchev–Trinajstić information content (AvgIpc) is 2.09. The van der Waals surface area contributed by atoms with Crippen molar-refractivity contribution in [2.45, 2.75) is 25.9 Å². The van der Waals surface area contributed by atoms with Crippen molar-refractivity contribution in [3.8, 4) is 0 Å². The smallest absolute Gasteiger partial charge is 0.0806 e. The van der Waals surface area contributed by atoms with Crippen molar-refractivity contribution in [1.29, 1.82) is 0 Å². The molecule has 2 heterocycles. The quantitative estimate of drug-likeness (QED) is 0.482. The van der Waals surface area contributed by atoms with E-state index in [4.69, 9.17) is 4.84 Å². The molecule has 2 rings (SSSR count). The summed E-state index contributed by atoms with van der Waals surface area (Å²) >= 11 is 0. The summed E-state index contributed by atoms with van der Waals surface area (Å²) in [5, 5.41) is 2.11. The Morgan fingerprint density at radius 2 is 2.44 bits per heavy atom. The third kappa shape index (κ3) is 0.864. The van der Waals surface area contributed by atoms with Crippen molar-refractivity contribution in [2.24, 2.45) is 5.92 Å². The molecule has 2 aliphatic heterocycles. The van der Waals surface area contributed by atoms with Gasteiger partial charge in [0.1, 0.15) is 0 Å². The van der Waals surface area contributed by atoms with E-state index in [0.29, 0.717) is 6.10 Å². The lowest BCUT2D eigenvalue weighted by molar-refractivity contribution is -0.137. The van der Waals surface area contributed by atoms with Crippen molar-refractivity contribution >= 4 is 0 Å². The monoisotopic (exact) mass is 127 g/mol. The van der Waals surface area contributed by atoms with Crippen LogP contribution in [-0.2, 0) is 4.84 Å². The van der Waals surface area contributed by atoms with Crippen LogP contribution < -0.4 is 0 Å². The molecule has 0 N–H and O–H groups in total. The zero-order chi connectivity index (χ0) is 6.27. The minimum atomic E-state index is 0.493. The minimum Gasteiger partial charge on any atom is -0.296 e. The van der Waals surface area contributed by atoms with Crippen LogP contribution in [-0.4, -0.2) is 24.3 Å². The number of nitrogens with zero attached hydrogens (tertiary/aromatic N) is 1. The van der Waals surface area contributed by atoms with Crippen molar-refractivity contribution in [1.82, 2.24) is 5.06 Å². The number of hydrogen-bond donors (Lipinski definition) is 0. The number of fused-ring (bicyclic) bond motifs is 2. The maximum atomic E-state index is 5.52. The molecule has 1 unspecified atom stereocenters. The molecule has 2 nitrogen and oxygen atoms in total. The van der Waals surface area contributed by atoms with Crippen LogP contribution in [0.15, 0.2) is 0 Å². The second-order valence-electron chi connectivity index (χ2n) is 3.10. The van der Waals surface area contributed by atoms with Gasteiger partial charge in [0.15, 0.2) is 0 Å². The Hall–Kier alpha value is -0.0800. The van der Waals surface area contributed by atoms with Crippen molar-refractivity contribution in [2.75, 3.05) is 13.1 Å². The van der Waals surface area contributed by atoms with Gasteiger partial charge in [0.25, 0.3) is 0 Å². The second kappa shape index (κ2) is 1.96. The highest BCUT2D eigenvalue weighted by Crippen LogP contribution is 2.28. The molecule has 0 aromatic carbocycles. The summed E-state index contributed by atoms with van der Waals surface area (Å²) in [5.41, 5.74) is 0. The molecule has 0 aromatic rings. The van der Waals surface area contributed by atoms with E-state index in [0.717, 1.165) is 12.5 Å². The first-order valence-electron chi connectivity index (χ1n) is 3.78. The van der Waals surface area contributed by atoms with Gasteiger partial charge >= 0.3 is 0 Å². The largest absolute Gasteiger partial charge is 0.296 e. The highest BCUT2D eigenvalue weighted by atomic mass is 16.7. The number of rotatable bonds is 0. The normalized spacial score (nSPS) is 49.7. The van der Waals surface area contributed by atoms with Crippen molar-refractivity contribution in [3.05, 3.63) is 0 Å². The first-order chi connectivity index (χ1) is 4.36. The number of hydroxylamine groups is 2. The van der Waals surface area contributed by atoms with E-state index in [1.807, 2.05) is 0 Å².